The molecule has 0 bridgehead atoms. The minimum Gasteiger partial charge on any atom is -0.308 e. The standard InChI is InChI=1S/C16H18N4S/c1-2-16-18-11-14(21-16)10-17-9-12-3-5-13(6-4-12)15-7-8-19-20-15/h3-8,11,17H,2,9-10H2,1H3,(H,19,20). The number of rotatable bonds is 6. The number of thiazole rings is 1. The first kappa shape index (κ1) is 14.0. The van der Waals surface area contributed by atoms with Gasteiger partial charge in [0.1, 0.15) is 0 Å². The summed E-state index contributed by atoms with van der Waals surface area (Å²) in [6, 6.07) is 10.5. The Kier molecular flexibility index (Phi) is 4.43. The fourth-order valence-corrected chi connectivity index (χ4v) is 2.97. The van der Waals surface area contributed by atoms with Crippen LogP contribution in [0.2, 0.25) is 0 Å². The maximum Gasteiger partial charge on any atom is 0.0925 e. The van der Waals surface area contributed by atoms with Crippen molar-refractivity contribution in [3.8, 4) is 11.3 Å². The lowest BCUT2D eigenvalue weighted by atomic mass is 10.1. The lowest BCUT2D eigenvalue weighted by Crippen LogP contribution is -2.11. The molecule has 1 aromatic carbocycles. The van der Waals surface area contributed by atoms with Gasteiger partial charge in [-0.1, -0.05) is 31.2 Å². The minimum atomic E-state index is 0.864. The molecule has 2 aromatic heterocycles. The summed E-state index contributed by atoms with van der Waals surface area (Å²) in [5.74, 6) is 0. The van der Waals surface area contributed by atoms with Crippen molar-refractivity contribution in [1.82, 2.24) is 20.5 Å². The number of benzene rings is 1. The van der Waals surface area contributed by atoms with Gasteiger partial charge in [-0.3, -0.25) is 5.10 Å². The van der Waals surface area contributed by atoms with Gasteiger partial charge in [0.25, 0.3) is 0 Å². The van der Waals surface area contributed by atoms with E-state index in [2.05, 4.69) is 51.7 Å². The van der Waals surface area contributed by atoms with E-state index in [9.17, 15) is 0 Å². The number of hydrogen-bond acceptors (Lipinski definition) is 4. The van der Waals surface area contributed by atoms with Gasteiger partial charge >= 0.3 is 0 Å². The van der Waals surface area contributed by atoms with Gasteiger partial charge in [0.15, 0.2) is 0 Å². The Bertz CT molecular complexity index is 671. The van der Waals surface area contributed by atoms with Crippen molar-refractivity contribution >= 4 is 11.3 Å². The number of H-pyrrole nitrogens is 1. The quantitative estimate of drug-likeness (QED) is 0.733. The maximum absolute atomic E-state index is 4.37. The van der Waals surface area contributed by atoms with Crippen molar-refractivity contribution in [2.75, 3.05) is 0 Å². The molecule has 0 amide bonds. The van der Waals surface area contributed by atoms with Crippen LogP contribution in [0.25, 0.3) is 11.3 Å². The summed E-state index contributed by atoms with van der Waals surface area (Å²) >= 11 is 1.78. The van der Waals surface area contributed by atoms with E-state index in [0.717, 1.165) is 30.8 Å². The highest BCUT2D eigenvalue weighted by Crippen LogP contribution is 2.17. The molecular formula is C16H18N4S. The number of nitrogens with one attached hydrogen (secondary N) is 2. The summed E-state index contributed by atoms with van der Waals surface area (Å²) in [6.45, 7) is 3.87. The average molecular weight is 298 g/mol. The highest BCUT2D eigenvalue weighted by Gasteiger charge is 2.01. The van der Waals surface area contributed by atoms with E-state index in [1.54, 1.807) is 17.5 Å². The zero-order chi connectivity index (χ0) is 14.5. The number of aromatic nitrogens is 3. The summed E-state index contributed by atoms with van der Waals surface area (Å²) in [5.41, 5.74) is 3.48. The summed E-state index contributed by atoms with van der Waals surface area (Å²) in [5, 5.41) is 11.6. The zero-order valence-electron chi connectivity index (χ0n) is 12.0. The second kappa shape index (κ2) is 6.65. The average Bonchev–Trinajstić information content (AvgIpc) is 3.19. The summed E-state index contributed by atoms with van der Waals surface area (Å²) < 4.78 is 0. The van der Waals surface area contributed by atoms with Crippen molar-refractivity contribution in [1.29, 1.82) is 0 Å². The molecule has 0 unspecified atom stereocenters. The molecule has 4 nitrogen and oxygen atoms in total. The van der Waals surface area contributed by atoms with E-state index < -0.39 is 0 Å². The molecule has 108 valence electrons. The van der Waals surface area contributed by atoms with Gasteiger partial charge < -0.3 is 5.32 Å². The molecule has 21 heavy (non-hydrogen) atoms. The summed E-state index contributed by atoms with van der Waals surface area (Å²) in [7, 11) is 0. The van der Waals surface area contributed by atoms with E-state index in [1.165, 1.54) is 15.4 Å². The molecule has 0 atom stereocenters. The van der Waals surface area contributed by atoms with Gasteiger partial charge in [0.05, 0.1) is 10.7 Å². The van der Waals surface area contributed by atoms with E-state index in [1.807, 2.05) is 12.3 Å². The molecule has 0 aliphatic carbocycles. The van der Waals surface area contributed by atoms with Crippen LogP contribution in [0.1, 0.15) is 22.4 Å². The van der Waals surface area contributed by atoms with Gasteiger partial charge in [-0.05, 0) is 23.6 Å². The predicted octanol–water partition coefficient (Wildman–Crippen LogP) is 3.39. The molecule has 0 radical (unpaired) electrons. The second-order valence-electron chi connectivity index (χ2n) is 4.84. The van der Waals surface area contributed by atoms with Crippen LogP contribution in [0.5, 0.6) is 0 Å². The van der Waals surface area contributed by atoms with Gasteiger partial charge in [0.2, 0.25) is 0 Å². The van der Waals surface area contributed by atoms with E-state index >= 15 is 0 Å². The van der Waals surface area contributed by atoms with E-state index in [-0.39, 0.29) is 0 Å². The Balaban J connectivity index is 1.53. The van der Waals surface area contributed by atoms with Crippen LogP contribution in [0.4, 0.5) is 0 Å². The third kappa shape index (κ3) is 3.56. The summed E-state index contributed by atoms with van der Waals surface area (Å²) in [6.07, 6.45) is 4.75. The predicted molar refractivity (Wildman–Crippen MR) is 86.1 cm³/mol. The lowest BCUT2D eigenvalue weighted by Gasteiger charge is -2.04. The second-order valence-corrected chi connectivity index (χ2v) is 6.04. The Morgan fingerprint density at radius 1 is 1.14 bits per heavy atom. The molecular weight excluding hydrogens is 280 g/mol. The van der Waals surface area contributed by atoms with Crippen molar-refractivity contribution in [2.45, 2.75) is 26.4 Å². The number of aromatic amines is 1. The van der Waals surface area contributed by atoms with Crippen LogP contribution < -0.4 is 5.32 Å². The lowest BCUT2D eigenvalue weighted by molar-refractivity contribution is 0.700. The Hall–Kier alpha value is -1.98. The number of nitrogens with zero attached hydrogens (tertiary/aromatic N) is 2. The third-order valence-electron chi connectivity index (χ3n) is 3.30. The third-order valence-corrected chi connectivity index (χ3v) is 4.44. The Morgan fingerprint density at radius 3 is 2.67 bits per heavy atom. The van der Waals surface area contributed by atoms with Crippen LogP contribution in [-0.4, -0.2) is 15.2 Å². The summed E-state index contributed by atoms with van der Waals surface area (Å²) in [4.78, 5) is 5.66. The minimum absolute atomic E-state index is 0.864. The first-order valence-electron chi connectivity index (χ1n) is 7.08. The molecule has 0 saturated carbocycles. The first-order chi connectivity index (χ1) is 10.3. The van der Waals surface area contributed by atoms with Crippen molar-refractivity contribution in [2.24, 2.45) is 0 Å². The molecule has 2 N–H and O–H groups in total. The molecule has 0 fully saturated rings. The van der Waals surface area contributed by atoms with Gasteiger partial charge in [0, 0.05) is 30.4 Å². The largest absolute Gasteiger partial charge is 0.308 e. The molecule has 5 heteroatoms. The van der Waals surface area contributed by atoms with Gasteiger partial charge in [-0.25, -0.2) is 4.98 Å². The molecule has 0 saturated heterocycles. The number of aryl methyl sites for hydroxylation is 1. The highest BCUT2D eigenvalue weighted by molar-refractivity contribution is 7.11. The van der Waals surface area contributed by atoms with Crippen LogP contribution in [-0.2, 0) is 19.5 Å². The van der Waals surface area contributed by atoms with E-state index in [4.69, 9.17) is 0 Å². The molecule has 3 rings (SSSR count). The van der Waals surface area contributed by atoms with Crippen LogP contribution in [0, 0.1) is 0 Å². The Labute approximate surface area is 128 Å². The van der Waals surface area contributed by atoms with E-state index in [0.29, 0.717) is 0 Å². The Morgan fingerprint density at radius 2 is 2.00 bits per heavy atom. The molecule has 0 aliphatic heterocycles. The van der Waals surface area contributed by atoms with Crippen molar-refractivity contribution < 1.29 is 0 Å². The topological polar surface area (TPSA) is 53.6 Å². The van der Waals surface area contributed by atoms with Crippen molar-refractivity contribution in [3.63, 3.8) is 0 Å². The normalized spacial score (nSPS) is 10.9. The van der Waals surface area contributed by atoms with Crippen LogP contribution >= 0.6 is 11.3 Å². The zero-order valence-corrected chi connectivity index (χ0v) is 12.8. The van der Waals surface area contributed by atoms with Crippen LogP contribution in [0.15, 0.2) is 42.7 Å². The SMILES string of the molecule is CCc1ncc(CNCc2ccc(-c3ccn[nH]3)cc2)s1. The van der Waals surface area contributed by atoms with Crippen molar-refractivity contribution in [3.05, 3.63) is 58.2 Å². The fraction of sp³-hybridized carbons (Fsp3) is 0.250. The number of hydrogen-bond donors (Lipinski definition) is 2. The fourth-order valence-electron chi connectivity index (χ4n) is 2.14. The van der Waals surface area contributed by atoms with Gasteiger partial charge in [-0.15, -0.1) is 11.3 Å². The molecule has 2 heterocycles. The van der Waals surface area contributed by atoms with Gasteiger partial charge in [-0.2, -0.15) is 5.10 Å². The first-order valence-corrected chi connectivity index (χ1v) is 7.90. The molecule has 0 aliphatic rings. The smallest absolute Gasteiger partial charge is 0.0925 e. The monoisotopic (exact) mass is 298 g/mol. The maximum atomic E-state index is 4.37. The molecule has 0 spiro atoms. The van der Waals surface area contributed by atoms with Crippen LogP contribution in [0.3, 0.4) is 0 Å². The highest BCUT2D eigenvalue weighted by atomic mass is 32.1. The molecule has 3 aromatic rings.